The van der Waals surface area contributed by atoms with Crippen molar-refractivity contribution in [3.05, 3.63) is 64.5 Å². The molecule has 0 aliphatic rings. The van der Waals surface area contributed by atoms with Crippen molar-refractivity contribution in [2.24, 2.45) is 0 Å². The van der Waals surface area contributed by atoms with Crippen molar-refractivity contribution in [2.75, 3.05) is 0 Å². The Balaban J connectivity index is 1.83. The number of hydrogen-bond acceptors (Lipinski definition) is 5. The monoisotopic (exact) mass is 298 g/mol. The Morgan fingerprint density at radius 2 is 1.77 bits per heavy atom. The maximum Gasteiger partial charge on any atom is 0.290 e. The minimum Gasteiger partial charge on any atom is -0.472 e. The van der Waals surface area contributed by atoms with Gasteiger partial charge in [0.1, 0.15) is 6.26 Å². The second-order valence-electron chi connectivity index (χ2n) is 4.37. The molecule has 0 bridgehead atoms. The van der Waals surface area contributed by atoms with E-state index in [1.165, 1.54) is 18.6 Å². The summed E-state index contributed by atoms with van der Waals surface area (Å²) >= 11 is 0. The van der Waals surface area contributed by atoms with E-state index < -0.39 is 17.4 Å². The Bertz CT molecular complexity index is 899. The normalized spacial score (nSPS) is 10.4. The SMILES string of the molecule is O=C(NNC(=O)c1n[nH]c(=O)c2ccccc12)c1ccoc1. The van der Waals surface area contributed by atoms with Crippen molar-refractivity contribution in [1.82, 2.24) is 21.0 Å². The average molecular weight is 298 g/mol. The van der Waals surface area contributed by atoms with Crippen LogP contribution in [0.2, 0.25) is 0 Å². The number of carbonyl (C=O) groups excluding carboxylic acids is 2. The number of amides is 2. The van der Waals surface area contributed by atoms with Crippen LogP contribution in [-0.2, 0) is 0 Å². The molecule has 0 aliphatic carbocycles. The lowest BCUT2D eigenvalue weighted by atomic mass is 10.1. The molecule has 8 heteroatoms. The van der Waals surface area contributed by atoms with E-state index in [-0.39, 0.29) is 11.3 Å². The number of aromatic nitrogens is 2. The van der Waals surface area contributed by atoms with Crippen LogP contribution in [0.15, 0.2) is 52.1 Å². The van der Waals surface area contributed by atoms with Crippen LogP contribution in [0.1, 0.15) is 20.8 Å². The van der Waals surface area contributed by atoms with Gasteiger partial charge in [-0.05, 0) is 12.1 Å². The molecule has 0 aliphatic heterocycles. The van der Waals surface area contributed by atoms with Gasteiger partial charge in [-0.1, -0.05) is 18.2 Å². The molecular formula is C14H10N4O4. The number of hydrazine groups is 1. The third kappa shape index (κ3) is 2.44. The smallest absolute Gasteiger partial charge is 0.290 e. The molecule has 0 saturated heterocycles. The third-order valence-corrected chi connectivity index (χ3v) is 2.98. The molecule has 0 unspecified atom stereocenters. The van der Waals surface area contributed by atoms with Crippen molar-refractivity contribution >= 4 is 22.6 Å². The summed E-state index contributed by atoms with van der Waals surface area (Å²) in [6.45, 7) is 0. The standard InChI is InChI=1S/C14H10N4O4/c19-12(8-5-6-22-7-8)16-18-14(21)11-9-3-1-2-4-10(9)13(20)17-15-11/h1-7H,(H,16,19)(H,17,20)(H,18,21). The van der Waals surface area contributed by atoms with Crippen LogP contribution < -0.4 is 16.4 Å². The van der Waals surface area contributed by atoms with Gasteiger partial charge in [-0.15, -0.1) is 0 Å². The fourth-order valence-corrected chi connectivity index (χ4v) is 1.93. The van der Waals surface area contributed by atoms with Gasteiger partial charge in [0.15, 0.2) is 5.69 Å². The Labute approximate surface area is 123 Å². The van der Waals surface area contributed by atoms with E-state index in [1.54, 1.807) is 24.3 Å². The first-order chi connectivity index (χ1) is 10.7. The molecule has 0 fully saturated rings. The topological polar surface area (TPSA) is 117 Å². The summed E-state index contributed by atoms with van der Waals surface area (Å²) in [5, 5.41) is 6.70. The first-order valence-corrected chi connectivity index (χ1v) is 6.27. The van der Waals surface area contributed by atoms with Gasteiger partial charge in [0.25, 0.3) is 17.4 Å². The summed E-state index contributed by atoms with van der Waals surface area (Å²) < 4.78 is 4.77. The molecule has 22 heavy (non-hydrogen) atoms. The molecule has 2 aromatic heterocycles. The predicted molar refractivity (Wildman–Crippen MR) is 76.0 cm³/mol. The lowest BCUT2D eigenvalue weighted by Crippen LogP contribution is -2.42. The Morgan fingerprint density at radius 3 is 2.50 bits per heavy atom. The van der Waals surface area contributed by atoms with Crippen molar-refractivity contribution in [1.29, 1.82) is 0 Å². The number of carbonyl (C=O) groups is 2. The van der Waals surface area contributed by atoms with Crippen molar-refractivity contribution < 1.29 is 14.0 Å². The second kappa shape index (κ2) is 5.52. The summed E-state index contributed by atoms with van der Waals surface area (Å²) in [6.07, 6.45) is 2.59. The van der Waals surface area contributed by atoms with Gasteiger partial charge in [-0.25, -0.2) is 5.10 Å². The quantitative estimate of drug-likeness (QED) is 0.599. The molecular weight excluding hydrogens is 288 g/mol. The molecule has 3 aromatic rings. The highest BCUT2D eigenvalue weighted by atomic mass is 16.3. The summed E-state index contributed by atoms with van der Waals surface area (Å²) in [6, 6.07) is 8.00. The van der Waals surface area contributed by atoms with Crippen molar-refractivity contribution in [2.45, 2.75) is 0 Å². The summed E-state index contributed by atoms with van der Waals surface area (Å²) in [5.41, 5.74) is 4.34. The van der Waals surface area contributed by atoms with E-state index in [9.17, 15) is 14.4 Å². The number of nitrogens with one attached hydrogen (secondary N) is 3. The van der Waals surface area contributed by atoms with Gasteiger partial charge < -0.3 is 4.42 Å². The Kier molecular flexibility index (Phi) is 3.40. The van der Waals surface area contributed by atoms with Crippen molar-refractivity contribution in [3.63, 3.8) is 0 Å². The van der Waals surface area contributed by atoms with E-state index >= 15 is 0 Å². The molecule has 2 amide bonds. The highest BCUT2D eigenvalue weighted by Gasteiger charge is 2.15. The first kappa shape index (κ1) is 13.6. The zero-order valence-electron chi connectivity index (χ0n) is 11.1. The van der Waals surface area contributed by atoms with Crippen LogP contribution in [0.5, 0.6) is 0 Å². The molecule has 3 rings (SSSR count). The van der Waals surface area contributed by atoms with Gasteiger partial charge in [0.05, 0.1) is 17.2 Å². The van der Waals surface area contributed by atoms with Gasteiger partial charge in [0.2, 0.25) is 0 Å². The zero-order chi connectivity index (χ0) is 15.5. The van der Waals surface area contributed by atoms with Crippen LogP contribution in [-0.4, -0.2) is 22.0 Å². The Hall–Kier alpha value is -3.42. The molecule has 0 atom stereocenters. The van der Waals surface area contributed by atoms with Gasteiger partial charge >= 0.3 is 0 Å². The van der Waals surface area contributed by atoms with Crippen molar-refractivity contribution in [3.8, 4) is 0 Å². The highest BCUT2D eigenvalue weighted by molar-refractivity contribution is 6.05. The van der Waals surface area contributed by atoms with Gasteiger partial charge in [-0.2, -0.15) is 5.10 Å². The fourth-order valence-electron chi connectivity index (χ4n) is 1.93. The molecule has 0 spiro atoms. The minimum absolute atomic E-state index is 0.00249. The number of benzene rings is 1. The predicted octanol–water partition coefficient (Wildman–Crippen LogP) is 0.591. The van der Waals surface area contributed by atoms with Crippen LogP contribution in [0.25, 0.3) is 10.8 Å². The summed E-state index contributed by atoms with van der Waals surface area (Å²) in [5.74, 6) is -1.18. The Morgan fingerprint density at radius 1 is 1.05 bits per heavy atom. The maximum absolute atomic E-state index is 12.1. The number of H-pyrrole nitrogens is 1. The van der Waals surface area contributed by atoms with Crippen LogP contribution in [0, 0.1) is 0 Å². The number of hydrogen-bond donors (Lipinski definition) is 3. The number of nitrogens with zero attached hydrogens (tertiary/aromatic N) is 1. The largest absolute Gasteiger partial charge is 0.472 e. The van der Waals surface area contributed by atoms with E-state index in [0.29, 0.717) is 10.8 Å². The number of rotatable bonds is 2. The lowest BCUT2D eigenvalue weighted by molar-refractivity contribution is 0.0844. The minimum atomic E-state index is -0.649. The van der Waals surface area contributed by atoms with Gasteiger partial charge in [-0.3, -0.25) is 25.2 Å². The molecule has 0 radical (unpaired) electrons. The first-order valence-electron chi connectivity index (χ1n) is 6.27. The van der Waals surface area contributed by atoms with E-state index in [1.807, 2.05) is 0 Å². The van der Waals surface area contributed by atoms with E-state index in [4.69, 9.17) is 4.42 Å². The molecule has 1 aromatic carbocycles. The van der Waals surface area contributed by atoms with Gasteiger partial charge in [0, 0.05) is 5.39 Å². The number of furan rings is 1. The molecule has 8 nitrogen and oxygen atoms in total. The molecule has 3 N–H and O–H groups in total. The second-order valence-corrected chi connectivity index (χ2v) is 4.37. The summed E-state index contributed by atoms with van der Waals surface area (Å²) in [7, 11) is 0. The number of aromatic amines is 1. The van der Waals surface area contributed by atoms with Crippen LogP contribution >= 0.6 is 0 Å². The molecule has 110 valence electrons. The third-order valence-electron chi connectivity index (χ3n) is 2.98. The highest BCUT2D eigenvalue weighted by Crippen LogP contribution is 2.11. The van der Waals surface area contributed by atoms with E-state index in [0.717, 1.165) is 0 Å². The maximum atomic E-state index is 12.1. The zero-order valence-corrected chi connectivity index (χ0v) is 11.1. The fraction of sp³-hybridized carbons (Fsp3) is 0. The average Bonchev–Trinajstić information content (AvgIpc) is 3.07. The lowest BCUT2D eigenvalue weighted by Gasteiger charge is -2.07. The van der Waals surface area contributed by atoms with Crippen LogP contribution in [0.3, 0.4) is 0 Å². The number of fused-ring (bicyclic) bond motifs is 1. The summed E-state index contributed by atoms with van der Waals surface area (Å²) in [4.78, 5) is 35.5. The molecule has 2 heterocycles. The van der Waals surface area contributed by atoms with E-state index in [2.05, 4.69) is 21.0 Å². The van der Waals surface area contributed by atoms with Crippen LogP contribution in [0.4, 0.5) is 0 Å². The molecule has 0 saturated carbocycles.